The lowest BCUT2D eigenvalue weighted by Crippen LogP contribution is -2.29. The normalized spacial score (nSPS) is 17.9. The molecule has 0 aliphatic carbocycles. The van der Waals surface area contributed by atoms with E-state index in [2.05, 4.69) is 0 Å². The molecule has 3 aromatic carbocycles. The van der Waals surface area contributed by atoms with Crippen LogP contribution in [0.2, 0.25) is 0 Å². The Morgan fingerprint density at radius 3 is 2.38 bits per heavy atom. The van der Waals surface area contributed by atoms with Crippen LogP contribution in [0.5, 0.6) is 5.75 Å². The Bertz CT molecular complexity index is 1420. The molecule has 5 rings (SSSR count). The zero-order valence-corrected chi connectivity index (χ0v) is 18.0. The van der Waals surface area contributed by atoms with E-state index in [1.165, 1.54) is 22.3 Å². The number of aliphatic hydroxyl groups is 1. The number of nitrogens with zero attached hydrogens (tertiary/aromatic N) is 1. The Kier molecular flexibility index (Phi) is 4.79. The maximum atomic E-state index is 13.2. The van der Waals surface area contributed by atoms with Gasteiger partial charge in [-0.1, -0.05) is 48.5 Å². The number of thiophene rings is 1. The first-order valence-corrected chi connectivity index (χ1v) is 11.0. The molecule has 158 valence electrons. The molecule has 0 bridgehead atoms. The second-order valence-corrected chi connectivity index (χ2v) is 8.64. The molecule has 1 atom stereocenters. The number of ketones is 1. The molecule has 6 heteroatoms. The average molecular weight is 442 g/mol. The highest BCUT2D eigenvalue weighted by atomic mass is 32.1. The minimum Gasteiger partial charge on any atom is -0.507 e. The molecule has 1 fully saturated rings. The molecule has 1 aliphatic rings. The van der Waals surface area contributed by atoms with Gasteiger partial charge >= 0.3 is 0 Å². The third-order valence-corrected chi connectivity index (χ3v) is 6.83. The maximum absolute atomic E-state index is 13.2. The van der Waals surface area contributed by atoms with Crippen LogP contribution in [0.25, 0.3) is 16.5 Å². The molecule has 1 saturated heterocycles. The lowest BCUT2D eigenvalue weighted by molar-refractivity contribution is -0.132. The molecular weight excluding hydrogens is 422 g/mol. The molecule has 4 aromatic rings. The smallest absolute Gasteiger partial charge is 0.300 e. The number of anilines is 1. The number of rotatable bonds is 3. The fourth-order valence-electron chi connectivity index (χ4n) is 4.15. The topological polar surface area (TPSA) is 77.8 Å². The Hall–Kier alpha value is -3.90. The molecule has 0 spiro atoms. The van der Waals surface area contributed by atoms with Crippen LogP contribution < -0.4 is 4.90 Å². The number of benzene rings is 3. The summed E-state index contributed by atoms with van der Waals surface area (Å²) in [6, 6.07) is 20.6. The van der Waals surface area contributed by atoms with Gasteiger partial charge in [0, 0.05) is 10.4 Å². The highest BCUT2D eigenvalue weighted by molar-refractivity contribution is 7.10. The second kappa shape index (κ2) is 7.66. The molecule has 2 heterocycles. The van der Waals surface area contributed by atoms with Gasteiger partial charge < -0.3 is 10.2 Å². The van der Waals surface area contributed by atoms with Crippen molar-refractivity contribution in [1.82, 2.24) is 0 Å². The van der Waals surface area contributed by atoms with Crippen LogP contribution in [0.4, 0.5) is 5.69 Å². The second-order valence-electron chi connectivity index (χ2n) is 7.69. The van der Waals surface area contributed by atoms with Crippen molar-refractivity contribution in [2.45, 2.75) is 13.0 Å². The van der Waals surface area contributed by atoms with Crippen LogP contribution in [0.3, 0.4) is 0 Å². The van der Waals surface area contributed by atoms with Crippen molar-refractivity contribution in [3.8, 4) is 5.75 Å². The predicted molar refractivity (Wildman–Crippen MR) is 126 cm³/mol. The van der Waals surface area contributed by atoms with Crippen molar-refractivity contribution < 1.29 is 19.8 Å². The number of fused-ring (bicyclic) bond motifs is 1. The lowest BCUT2D eigenvalue weighted by Gasteiger charge is -2.25. The number of aromatic hydroxyl groups is 1. The maximum Gasteiger partial charge on any atom is 0.300 e. The van der Waals surface area contributed by atoms with E-state index in [1.807, 2.05) is 48.7 Å². The number of para-hydroxylation sites is 2. The molecule has 1 aliphatic heterocycles. The van der Waals surface area contributed by atoms with Crippen molar-refractivity contribution in [3.05, 3.63) is 99.8 Å². The van der Waals surface area contributed by atoms with E-state index in [4.69, 9.17) is 0 Å². The summed E-state index contributed by atoms with van der Waals surface area (Å²) >= 11 is 1.40. The number of aliphatic hydroxyl groups excluding tert-OH is 1. The number of hydrogen-bond acceptors (Lipinski definition) is 5. The van der Waals surface area contributed by atoms with E-state index >= 15 is 0 Å². The number of carbonyl (C=O) groups is 2. The highest BCUT2D eigenvalue weighted by Crippen LogP contribution is 2.46. The number of amides is 1. The number of carbonyl (C=O) groups excluding carboxylic acids is 2. The van der Waals surface area contributed by atoms with Gasteiger partial charge in [-0.3, -0.25) is 14.5 Å². The van der Waals surface area contributed by atoms with Crippen molar-refractivity contribution in [3.63, 3.8) is 0 Å². The average Bonchev–Trinajstić information content (AvgIpc) is 3.34. The quantitative estimate of drug-likeness (QED) is 0.249. The number of hydrogen-bond donors (Lipinski definition) is 2. The predicted octanol–water partition coefficient (Wildman–Crippen LogP) is 5.54. The first kappa shape index (κ1) is 20.0. The zero-order chi connectivity index (χ0) is 22.4. The number of phenolic OH excluding ortho intramolecular Hbond substituents is 1. The number of phenols is 1. The number of aryl methyl sites for hydroxylation is 1. The SMILES string of the molecule is Cc1ccsc1C1/C(=C(/O)c2ccc3ccccc3c2)C(=O)C(=O)N1c1ccccc1O. The van der Waals surface area contributed by atoms with Crippen LogP contribution in [0.1, 0.15) is 22.0 Å². The summed E-state index contributed by atoms with van der Waals surface area (Å²) in [5, 5.41) is 25.5. The monoisotopic (exact) mass is 441 g/mol. The summed E-state index contributed by atoms with van der Waals surface area (Å²) < 4.78 is 0. The van der Waals surface area contributed by atoms with Crippen molar-refractivity contribution in [1.29, 1.82) is 0 Å². The van der Waals surface area contributed by atoms with E-state index in [0.29, 0.717) is 5.56 Å². The third kappa shape index (κ3) is 3.08. The van der Waals surface area contributed by atoms with Crippen molar-refractivity contribution >= 4 is 45.2 Å². The Balaban J connectivity index is 1.75. The molecule has 2 N–H and O–H groups in total. The number of Topliss-reactive ketones (excluding diaryl/α,β-unsaturated/α-hetero) is 1. The summed E-state index contributed by atoms with van der Waals surface area (Å²) in [4.78, 5) is 28.4. The summed E-state index contributed by atoms with van der Waals surface area (Å²) in [5.74, 6) is -1.91. The van der Waals surface area contributed by atoms with Crippen molar-refractivity contribution in [2.75, 3.05) is 4.90 Å². The molecule has 0 radical (unpaired) electrons. The molecule has 1 aromatic heterocycles. The fourth-order valence-corrected chi connectivity index (χ4v) is 5.18. The molecule has 1 amide bonds. The highest BCUT2D eigenvalue weighted by Gasteiger charge is 2.48. The Labute approximate surface area is 188 Å². The lowest BCUT2D eigenvalue weighted by atomic mass is 9.97. The van der Waals surface area contributed by atoms with Gasteiger partial charge in [-0.25, -0.2) is 0 Å². The molecule has 5 nitrogen and oxygen atoms in total. The van der Waals surface area contributed by atoms with Gasteiger partial charge in [0.2, 0.25) is 0 Å². The minimum atomic E-state index is -0.838. The molecular formula is C26H19NO4S. The van der Waals surface area contributed by atoms with E-state index in [0.717, 1.165) is 21.2 Å². The van der Waals surface area contributed by atoms with Gasteiger partial charge in [-0.2, -0.15) is 0 Å². The van der Waals surface area contributed by atoms with E-state index in [9.17, 15) is 19.8 Å². The van der Waals surface area contributed by atoms with Crippen LogP contribution in [-0.4, -0.2) is 21.9 Å². The first-order valence-electron chi connectivity index (χ1n) is 10.1. The summed E-state index contributed by atoms with van der Waals surface area (Å²) in [7, 11) is 0. The minimum absolute atomic E-state index is 0.0130. The van der Waals surface area contributed by atoms with Gasteiger partial charge in [0.15, 0.2) is 0 Å². The van der Waals surface area contributed by atoms with E-state index in [1.54, 1.807) is 30.3 Å². The fraction of sp³-hybridized carbons (Fsp3) is 0.0769. The zero-order valence-electron chi connectivity index (χ0n) is 17.1. The van der Waals surface area contributed by atoms with Gasteiger partial charge in [-0.15, -0.1) is 11.3 Å². The Morgan fingerprint density at radius 2 is 1.66 bits per heavy atom. The summed E-state index contributed by atoms with van der Waals surface area (Å²) in [5.41, 5.74) is 1.59. The van der Waals surface area contributed by atoms with Crippen LogP contribution in [0, 0.1) is 6.92 Å². The van der Waals surface area contributed by atoms with E-state index < -0.39 is 17.7 Å². The molecule has 0 saturated carbocycles. The van der Waals surface area contributed by atoms with Crippen LogP contribution in [0.15, 0.2) is 83.7 Å². The summed E-state index contributed by atoms with van der Waals surface area (Å²) in [6.07, 6.45) is 0. The van der Waals surface area contributed by atoms with Crippen LogP contribution >= 0.6 is 11.3 Å². The molecule has 32 heavy (non-hydrogen) atoms. The Morgan fingerprint density at radius 1 is 0.938 bits per heavy atom. The van der Waals surface area contributed by atoms with Crippen molar-refractivity contribution in [2.24, 2.45) is 0 Å². The summed E-state index contributed by atoms with van der Waals surface area (Å²) in [6.45, 7) is 1.90. The first-order chi connectivity index (χ1) is 15.5. The standard InChI is InChI=1S/C26H19NO4S/c1-15-12-13-32-25(15)22-21(23(29)18-11-10-16-6-2-3-7-17(16)14-18)24(30)26(31)27(22)19-8-4-5-9-20(19)28/h2-14,22,28-29H,1H3/b23-21-. The van der Waals surface area contributed by atoms with Gasteiger partial charge in [0.1, 0.15) is 17.6 Å². The van der Waals surface area contributed by atoms with Gasteiger partial charge in [0.05, 0.1) is 11.3 Å². The van der Waals surface area contributed by atoms with Crippen LogP contribution in [-0.2, 0) is 9.59 Å². The largest absolute Gasteiger partial charge is 0.507 e. The molecule has 1 unspecified atom stereocenters. The van der Waals surface area contributed by atoms with Gasteiger partial charge in [0.25, 0.3) is 11.7 Å². The van der Waals surface area contributed by atoms with Gasteiger partial charge in [-0.05, 0) is 52.9 Å². The third-order valence-electron chi connectivity index (χ3n) is 5.76. The van der Waals surface area contributed by atoms with E-state index in [-0.39, 0.29) is 22.8 Å².